The molecule has 0 rings (SSSR count). The molecule has 19 heavy (non-hydrogen) atoms. The van der Waals surface area contributed by atoms with Crippen LogP contribution in [0.3, 0.4) is 0 Å². The third-order valence-corrected chi connectivity index (χ3v) is 3.62. The zero-order valence-corrected chi connectivity index (χ0v) is 14.2. The van der Waals surface area contributed by atoms with Crippen molar-refractivity contribution in [2.75, 3.05) is 0 Å². The van der Waals surface area contributed by atoms with Gasteiger partial charge in [0.1, 0.15) is 5.78 Å². The van der Waals surface area contributed by atoms with Crippen LogP contribution in [0, 0.1) is 0 Å². The predicted molar refractivity (Wildman–Crippen MR) is 81.0 cm³/mol. The van der Waals surface area contributed by atoms with Crippen LogP contribution in [-0.2, 0) is 21.6 Å². The minimum absolute atomic E-state index is 0. The maximum atomic E-state index is 11.6. The van der Waals surface area contributed by atoms with Crippen molar-refractivity contribution in [1.82, 2.24) is 0 Å². The molecule has 0 aromatic carbocycles. The third kappa shape index (κ3) is 18.2. The van der Waals surface area contributed by atoms with Crippen LogP contribution in [0.2, 0.25) is 0 Å². The second-order valence-electron chi connectivity index (χ2n) is 5.57. The largest absolute Gasteiger partial charge is 0.300 e. The summed E-state index contributed by atoms with van der Waals surface area (Å²) >= 11 is 0. The summed E-state index contributed by atoms with van der Waals surface area (Å²) in [4.78, 5) is 11.6. The molecule has 1 nitrogen and oxygen atoms in total. The van der Waals surface area contributed by atoms with Gasteiger partial charge in [0.2, 0.25) is 0 Å². The summed E-state index contributed by atoms with van der Waals surface area (Å²) in [5.41, 5.74) is 0. The molecule has 0 heterocycles. The van der Waals surface area contributed by atoms with Crippen molar-refractivity contribution in [3.05, 3.63) is 0 Å². The van der Waals surface area contributed by atoms with Crippen LogP contribution in [0.25, 0.3) is 0 Å². The fraction of sp³-hybridized carbons (Fsp3) is 0.941. The average Bonchev–Trinajstić information content (AvgIpc) is 2.38. The van der Waals surface area contributed by atoms with E-state index < -0.39 is 0 Å². The monoisotopic (exact) mass is 313 g/mol. The van der Waals surface area contributed by atoms with E-state index in [-0.39, 0.29) is 16.8 Å². The van der Waals surface area contributed by atoms with Crippen molar-refractivity contribution >= 4 is 5.78 Å². The number of hydrogen-bond acceptors (Lipinski definition) is 1. The second kappa shape index (κ2) is 18.2. The van der Waals surface area contributed by atoms with Crippen LogP contribution in [0.5, 0.6) is 0 Å². The summed E-state index contributed by atoms with van der Waals surface area (Å²) in [5, 5.41) is 0. The van der Waals surface area contributed by atoms with Gasteiger partial charge in [0.15, 0.2) is 0 Å². The number of hydrogen-bond donors (Lipinski definition) is 0. The van der Waals surface area contributed by atoms with E-state index >= 15 is 0 Å². The molecule has 0 aliphatic carbocycles. The Kier molecular flexibility index (Phi) is 20.5. The van der Waals surface area contributed by atoms with Crippen LogP contribution >= 0.6 is 0 Å². The summed E-state index contributed by atoms with van der Waals surface area (Å²) in [6.07, 6.45) is 17.1. The number of unbranched alkanes of at least 4 members (excludes halogenated alkanes) is 10. The predicted octanol–water partition coefficient (Wildman–Crippen LogP) is 6.05. The molecule has 0 N–H and O–H groups in total. The van der Waals surface area contributed by atoms with Crippen LogP contribution in [0.15, 0.2) is 0 Å². The average molecular weight is 313 g/mol. The Labute approximate surface area is 131 Å². The SMILES string of the molecule is CCCCCCCCC(=O)CCCCCCCC.[Co]. The maximum Gasteiger partial charge on any atom is 0.132 e. The van der Waals surface area contributed by atoms with E-state index in [2.05, 4.69) is 13.8 Å². The van der Waals surface area contributed by atoms with E-state index in [0.29, 0.717) is 5.78 Å². The molecule has 0 unspecified atom stereocenters. The first kappa shape index (κ1) is 21.5. The molecule has 0 bridgehead atoms. The van der Waals surface area contributed by atoms with Gasteiger partial charge in [-0.1, -0.05) is 78.1 Å². The standard InChI is InChI=1S/C17H34O.Co/c1-3-5-7-9-11-13-15-17(18)16-14-12-10-8-6-4-2;/h3-16H2,1-2H3;. The number of rotatable bonds is 14. The first-order valence-electron chi connectivity index (χ1n) is 8.33. The zero-order valence-electron chi connectivity index (χ0n) is 13.1. The van der Waals surface area contributed by atoms with Gasteiger partial charge < -0.3 is 0 Å². The summed E-state index contributed by atoms with van der Waals surface area (Å²) < 4.78 is 0. The van der Waals surface area contributed by atoms with Crippen molar-refractivity contribution in [1.29, 1.82) is 0 Å². The van der Waals surface area contributed by atoms with Crippen LogP contribution in [0.4, 0.5) is 0 Å². The van der Waals surface area contributed by atoms with Crippen LogP contribution in [0.1, 0.15) is 104 Å². The first-order chi connectivity index (χ1) is 8.81. The molecule has 0 aliphatic rings. The molecule has 0 saturated carbocycles. The smallest absolute Gasteiger partial charge is 0.132 e. The molecular formula is C17H34CoO. The Morgan fingerprint density at radius 3 is 1.26 bits per heavy atom. The summed E-state index contributed by atoms with van der Waals surface area (Å²) in [7, 11) is 0. The quantitative estimate of drug-likeness (QED) is 0.356. The van der Waals surface area contributed by atoms with Gasteiger partial charge in [-0.05, 0) is 12.8 Å². The fourth-order valence-corrected chi connectivity index (χ4v) is 2.33. The molecule has 0 fully saturated rings. The molecular weight excluding hydrogens is 279 g/mol. The van der Waals surface area contributed by atoms with Crippen molar-refractivity contribution in [3.8, 4) is 0 Å². The van der Waals surface area contributed by atoms with Crippen LogP contribution < -0.4 is 0 Å². The third-order valence-electron chi connectivity index (χ3n) is 3.62. The molecule has 117 valence electrons. The summed E-state index contributed by atoms with van der Waals surface area (Å²) in [6.45, 7) is 4.48. The van der Waals surface area contributed by atoms with Crippen molar-refractivity contribution in [3.63, 3.8) is 0 Å². The Morgan fingerprint density at radius 2 is 0.895 bits per heavy atom. The molecule has 1 radical (unpaired) electrons. The van der Waals surface area contributed by atoms with E-state index in [1.54, 1.807) is 0 Å². The Hall–Kier alpha value is 0.176. The molecule has 0 atom stereocenters. The van der Waals surface area contributed by atoms with E-state index in [1.807, 2.05) is 0 Å². The van der Waals surface area contributed by atoms with E-state index in [4.69, 9.17) is 0 Å². The van der Waals surface area contributed by atoms with Crippen molar-refractivity contribution in [2.24, 2.45) is 0 Å². The molecule has 0 spiro atoms. The van der Waals surface area contributed by atoms with Crippen LogP contribution in [-0.4, -0.2) is 5.78 Å². The number of carbonyl (C=O) groups excluding carboxylic acids is 1. The van der Waals surface area contributed by atoms with Gasteiger partial charge in [-0.2, -0.15) is 0 Å². The molecule has 0 saturated heterocycles. The van der Waals surface area contributed by atoms with Crippen molar-refractivity contribution in [2.45, 2.75) is 104 Å². The van der Waals surface area contributed by atoms with Crippen molar-refractivity contribution < 1.29 is 21.6 Å². The zero-order chi connectivity index (χ0) is 13.5. The Bertz CT molecular complexity index is 162. The van der Waals surface area contributed by atoms with Gasteiger partial charge in [0.05, 0.1) is 0 Å². The van der Waals surface area contributed by atoms with Gasteiger partial charge in [-0.3, -0.25) is 4.79 Å². The van der Waals surface area contributed by atoms with E-state index in [9.17, 15) is 4.79 Å². The van der Waals surface area contributed by atoms with Gasteiger partial charge in [-0.15, -0.1) is 0 Å². The van der Waals surface area contributed by atoms with E-state index in [1.165, 1.54) is 64.2 Å². The topological polar surface area (TPSA) is 17.1 Å². The maximum absolute atomic E-state index is 11.6. The van der Waals surface area contributed by atoms with E-state index in [0.717, 1.165) is 25.7 Å². The molecule has 0 aliphatic heterocycles. The molecule has 0 aromatic heterocycles. The van der Waals surface area contributed by atoms with Gasteiger partial charge in [0, 0.05) is 29.6 Å². The normalized spacial score (nSPS) is 10.2. The molecule has 0 aromatic rings. The Balaban J connectivity index is 0. The minimum Gasteiger partial charge on any atom is -0.300 e. The molecule has 0 amide bonds. The first-order valence-corrected chi connectivity index (χ1v) is 8.33. The minimum atomic E-state index is 0. The summed E-state index contributed by atoms with van der Waals surface area (Å²) in [5.74, 6) is 0.501. The van der Waals surface area contributed by atoms with Gasteiger partial charge in [-0.25, -0.2) is 0 Å². The van der Waals surface area contributed by atoms with Gasteiger partial charge in [0.25, 0.3) is 0 Å². The van der Waals surface area contributed by atoms with Gasteiger partial charge >= 0.3 is 0 Å². The fourth-order valence-electron chi connectivity index (χ4n) is 2.33. The number of carbonyl (C=O) groups is 1. The number of ketones is 1. The second-order valence-corrected chi connectivity index (χ2v) is 5.57. The summed E-state index contributed by atoms with van der Waals surface area (Å²) in [6, 6.07) is 0. The molecule has 2 heteroatoms. The Morgan fingerprint density at radius 1 is 0.579 bits per heavy atom. The number of Topliss-reactive ketones (excluding diaryl/α,β-unsaturated/α-hetero) is 1.